The number of rotatable bonds is 3. The molecule has 0 atom stereocenters. The first-order chi connectivity index (χ1) is 11.7. The van der Waals surface area contributed by atoms with Crippen LogP contribution in [0.1, 0.15) is 28.0 Å². The molecule has 0 N–H and O–H groups in total. The maximum atomic E-state index is 11.3. The summed E-state index contributed by atoms with van der Waals surface area (Å²) in [5.41, 5.74) is 1.88. The van der Waals surface area contributed by atoms with Gasteiger partial charge in [0, 0.05) is 11.1 Å². The van der Waals surface area contributed by atoms with Crippen molar-refractivity contribution in [1.82, 2.24) is 0 Å². The number of fused-ring (bicyclic) bond motifs is 2. The molecule has 8 heteroatoms. The van der Waals surface area contributed by atoms with Gasteiger partial charge in [-0.1, -0.05) is 0 Å². The Morgan fingerprint density at radius 3 is 2.88 bits per heavy atom. The van der Waals surface area contributed by atoms with Crippen LogP contribution in [0.4, 0.5) is 10.7 Å². The van der Waals surface area contributed by atoms with Crippen molar-refractivity contribution in [2.45, 2.75) is 19.3 Å². The Labute approximate surface area is 140 Å². The van der Waals surface area contributed by atoms with Crippen LogP contribution in [0.2, 0.25) is 0 Å². The fourth-order valence-corrected chi connectivity index (χ4v) is 4.12. The lowest BCUT2D eigenvalue weighted by Gasteiger charge is -2.00. The average molecular weight is 341 g/mol. The number of nitriles is 1. The van der Waals surface area contributed by atoms with Crippen molar-refractivity contribution in [3.05, 3.63) is 43.8 Å². The second-order valence-corrected chi connectivity index (χ2v) is 6.51. The molecule has 1 aliphatic carbocycles. The molecule has 0 radical (unpaired) electrons. The van der Waals surface area contributed by atoms with Crippen LogP contribution in [0, 0.1) is 21.4 Å². The van der Waals surface area contributed by atoms with Gasteiger partial charge in [-0.3, -0.25) is 10.1 Å². The SMILES string of the molecule is N#Cc1c(N=Cc2cc3c(cc2[N+](=O)[O-])OCO3)sc2c1CCC2. The number of thiophene rings is 1. The molecule has 4 rings (SSSR count). The van der Waals surface area contributed by atoms with Crippen molar-refractivity contribution < 1.29 is 14.4 Å². The van der Waals surface area contributed by atoms with Crippen LogP contribution >= 0.6 is 11.3 Å². The number of nitrogens with zero attached hydrogens (tertiary/aromatic N) is 3. The lowest BCUT2D eigenvalue weighted by atomic mass is 10.1. The highest BCUT2D eigenvalue weighted by molar-refractivity contribution is 7.16. The first kappa shape index (κ1) is 14.7. The van der Waals surface area contributed by atoms with E-state index in [4.69, 9.17) is 9.47 Å². The van der Waals surface area contributed by atoms with E-state index in [1.807, 2.05) is 0 Å². The van der Waals surface area contributed by atoms with Crippen LogP contribution < -0.4 is 9.47 Å². The van der Waals surface area contributed by atoms with Gasteiger partial charge >= 0.3 is 0 Å². The standard InChI is InChI=1S/C16H11N3O4S/c17-6-11-10-2-1-3-15(10)24-16(11)18-7-9-4-13-14(23-8-22-13)5-12(9)19(20)21/h4-5,7H,1-3,8H2. The van der Waals surface area contributed by atoms with Crippen LogP contribution in [-0.2, 0) is 12.8 Å². The monoisotopic (exact) mass is 341 g/mol. The van der Waals surface area contributed by atoms with Crippen molar-refractivity contribution in [3.63, 3.8) is 0 Å². The number of nitro groups is 1. The smallest absolute Gasteiger partial charge is 0.282 e. The van der Waals surface area contributed by atoms with Crippen molar-refractivity contribution in [2.24, 2.45) is 4.99 Å². The highest BCUT2D eigenvalue weighted by Gasteiger charge is 2.24. The van der Waals surface area contributed by atoms with E-state index >= 15 is 0 Å². The third-order valence-corrected chi connectivity index (χ3v) is 5.25. The molecule has 0 saturated heterocycles. The molecule has 2 heterocycles. The van der Waals surface area contributed by atoms with Crippen molar-refractivity contribution in [2.75, 3.05) is 6.79 Å². The summed E-state index contributed by atoms with van der Waals surface area (Å²) in [5.74, 6) is 0.808. The zero-order chi connectivity index (χ0) is 16.7. The third-order valence-electron chi connectivity index (χ3n) is 4.05. The van der Waals surface area contributed by atoms with Crippen molar-refractivity contribution in [1.29, 1.82) is 5.26 Å². The Hall–Kier alpha value is -2.92. The topological polar surface area (TPSA) is 97.8 Å². The molecule has 1 aliphatic heterocycles. The minimum atomic E-state index is -0.483. The fraction of sp³-hybridized carbons (Fsp3) is 0.250. The summed E-state index contributed by atoms with van der Waals surface area (Å²) in [7, 11) is 0. The van der Waals surface area contributed by atoms with Crippen molar-refractivity contribution in [3.8, 4) is 17.6 Å². The van der Waals surface area contributed by atoms with E-state index in [1.165, 1.54) is 34.6 Å². The summed E-state index contributed by atoms with van der Waals surface area (Å²) in [6.07, 6.45) is 4.35. The van der Waals surface area contributed by atoms with E-state index < -0.39 is 4.92 Å². The maximum Gasteiger partial charge on any atom is 0.282 e. The van der Waals surface area contributed by atoms with E-state index in [0.717, 1.165) is 24.8 Å². The summed E-state index contributed by atoms with van der Waals surface area (Å²) in [6.45, 7) is 0.0449. The molecule has 2 aliphatic rings. The van der Waals surface area contributed by atoms with Crippen LogP contribution in [-0.4, -0.2) is 17.9 Å². The fourth-order valence-electron chi connectivity index (χ4n) is 2.93. The van der Waals surface area contributed by atoms with E-state index in [1.54, 1.807) is 0 Å². The molecular weight excluding hydrogens is 330 g/mol. The second kappa shape index (κ2) is 5.62. The van der Waals surface area contributed by atoms with E-state index in [9.17, 15) is 15.4 Å². The first-order valence-electron chi connectivity index (χ1n) is 7.34. The lowest BCUT2D eigenvalue weighted by Crippen LogP contribution is -1.94. The van der Waals surface area contributed by atoms with Gasteiger partial charge in [0.1, 0.15) is 11.1 Å². The average Bonchev–Trinajstić information content (AvgIpc) is 3.26. The number of aryl methyl sites for hydroxylation is 1. The van der Waals surface area contributed by atoms with Crippen LogP contribution in [0.5, 0.6) is 11.5 Å². The minimum Gasteiger partial charge on any atom is -0.454 e. The quantitative estimate of drug-likeness (QED) is 0.483. The summed E-state index contributed by atoms with van der Waals surface area (Å²) >= 11 is 1.49. The molecule has 0 saturated carbocycles. The predicted molar refractivity (Wildman–Crippen MR) is 87.5 cm³/mol. The van der Waals surface area contributed by atoms with Gasteiger partial charge in [0.2, 0.25) is 6.79 Å². The normalized spacial score (nSPS) is 14.8. The predicted octanol–water partition coefficient (Wildman–Crippen LogP) is 3.50. The molecule has 1 aromatic carbocycles. The Morgan fingerprint density at radius 1 is 1.33 bits per heavy atom. The Balaban J connectivity index is 1.75. The number of aliphatic imine (C=N–C) groups is 1. The van der Waals surface area contributed by atoms with E-state index in [-0.39, 0.29) is 12.5 Å². The molecule has 7 nitrogen and oxygen atoms in total. The number of ether oxygens (including phenoxy) is 2. The third kappa shape index (κ3) is 2.30. The molecule has 120 valence electrons. The molecule has 0 fully saturated rings. The maximum absolute atomic E-state index is 11.3. The van der Waals surface area contributed by atoms with Gasteiger partial charge in [-0.25, -0.2) is 4.99 Å². The second-order valence-electron chi connectivity index (χ2n) is 5.43. The number of benzene rings is 1. The van der Waals surface area contributed by atoms with Gasteiger partial charge in [-0.15, -0.1) is 11.3 Å². The number of hydrogen-bond donors (Lipinski definition) is 0. The van der Waals surface area contributed by atoms with Gasteiger partial charge in [-0.2, -0.15) is 5.26 Å². The lowest BCUT2D eigenvalue weighted by molar-refractivity contribution is -0.385. The van der Waals surface area contributed by atoms with Crippen LogP contribution in [0.15, 0.2) is 17.1 Å². The molecular formula is C16H11N3O4S. The minimum absolute atomic E-state index is 0.0449. The van der Waals surface area contributed by atoms with Crippen LogP contribution in [0.25, 0.3) is 0 Å². The summed E-state index contributed by atoms with van der Waals surface area (Å²) in [4.78, 5) is 16.3. The molecule has 0 spiro atoms. The summed E-state index contributed by atoms with van der Waals surface area (Å²) in [5, 5.41) is 21.2. The van der Waals surface area contributed by atoms with Gasteiger partial charge < -0.3 is 9.47 Å². The molecule has 0 unspecified atom stereocenters. The zero-order valence-electron chi connectivity index (χ0n) is 12.4. The summed E-state index contributed by atoms with van der Waals surface area (Å²) in [6, 6.07) is 5.08. The van der Waals surface area contributed by atoms with E-state index in [2.05, 4.69) is 11.1 Å². The largest absolute Gasteiger partial charge is 0.454 e. The van der Waals surface area contributed by atoms with E-state index in [0.29, 0.717) is 27.6 Å². The molecule has 1 aromatic heterocycles. The molecule has 2 aromatic rings. The van der Waals surface area contributed by atoms with Gasteiger partial charge in [0.15, 0.2) is 11.5 Å². The summed E-state index contributed by atoms with van der Waals surface area (Å²) < 4.78 is 10.4. The molecule has 0 bridgehead atoms. The number of nitro benzene ring substituents is 1. The molecule has 24 heavy (non-hydrogen) atoms. The number of hydrogen-bond acceptors (Lipinski definition) is 7. The van der Waals surface area contributed by atoms with Gasteiger partial charge in [0.25, 0.3) is 5.69 Å². The van der Waals surface area contributed by atoms with Crippen LogP contribution in [0.3, 0.4) is 0 Å². The van der Waals surface area contributed by atoms with Gasteiger partial charge in [-0.05, 0) is 30.9 Å². The molecule has 0 amide bonds. The zero-order valence-corrected chi connectivity index (χ0v) is 13.3. The highest BCUT2D eigenvalue weighted by Crippen LogP contribution is 2.41. The van der Waals surface area contributed by atoms with Gasteiger partial charge in [0.05, 0.1) is 22.1 Å². The highest BCUT2D eigenvalue weighted by atomic mass is 32.1. The van der Waals surface area contributed by atoms with Crippen molar-refractivity contribution >= 4 is 28.2 Å². The Morgan fingerprint density at radius 2 is 2.12 bits per heavy atom. The Kier molecular flexibility index (Phi) is 3.43. The Bertz CT molecular complexity index is 926. The first-order valence-corrected chi connectivity index (χ1v) is 8.15.